The second kappa shape index (κ2) is 8.86. The summed E-state index contributed by atoms with van der Waals surface area (Å²) in [6, 6.07) is 0. The number of fused-ring (bicyclic) bond motifs is 5. The van der Waals surface area contributed by atoms with E-state index in [2.05, 4.69) is 40.7 Å². The molecule has 0 amide bonds. The van der Waals surface area contributed by atoms with Crippen LogP contribution in [0, 0.1) is 46.3 Å². The van der Waals surface area contributed by atoms with Crippen LogP contribution in [0.1, 0.15) is 112 Å². The molecular formula is C29H48O2. The maximum absolute atomic E-state index is 11.5. The lowest BCUT2D eigenvalue weighted by atomic mass is 9.47. The van der Waals surface area contributed by atoms with E-state index in [0.29, 0.717) is 10.8 Å². The minimum Gasteiger partial charge on any atom is -0.462 e. The maximum Gasteiger partial charge on any atom is 0.302 e. The van der Waals surface area contributed by atoms with Gasteiger partial charge in [-0.2, -0.15) is 0 Å². The van der Waals surface area contributed by atoms with Crippen molar-refractivity contribution in [3.63, 3.8) is 0 Å². The van der Waals surface area contributed by atoms with Crippen molar-refractivity contribution in [1.82, 2.24) is 0 Å². The van der Waals surface area contributed by atoms with E-state index in [1.165, 1.54) is 57.8 Å². The first kappa shape index (κ1) is 23.4. The monoisotopic (exact) mass is 428 g/mol. The van der Waals surface area contributed by atoms with Gasteiger partial charge in [-0.1, -0.05) is 65.5 Å². The van der Waals surface area contributed by atoms with Crippen molar-refractivity contribution in [2.24, 2.45) is 46.3 Å². The lowest BCUT2D eigenvalue weighted by molar-refractivity contribution is -0.148. The highest BCUT2D eigenvalue weighted by molar-refractivity contribution is 5.66. The molecule has 4 rings (SSSR count). The van der Waals surface area contributed by atoms with Gasteiger partial charge in [-0.25, -0.2) is 0 Å². The van der Waals surface area contributed by atoms with Crippen molar-refractivity contribution in [3.8, 4) is 0 Å². The zero-order valence-electron chi connectivity index (χ0n) is 21.2. The first-order chi connectivity index (χ1) is 14.6. The highest BCUT2D eigenvalue weighted by Crippen LogP contribution is 2.67. The quantitative estimate of drug-likeness (QED) is 0.317. The summed E-state index contributed by atoms with van der Waals surface area (Å²) in [5.74, 6) is 5.19. The number of allylic oxidation sites excluding steroid dienone is 1. The Labute approximate surface area is 192 Å². The summed E-state index contributed by atoms with van der Waals surface area (Å²) in [5, 5.41) is 0. The lowest BCUT2D eigenvalue weighted by Gasteiger charge is -2.58. The molecule has 0 bridgehead atoms. The molecule has 2 nitrogen and oxygen atoms in total. The van der Waals surface area contributed by atoms with E-state index in [0.717, 1.165) is 48.3 Å². The molecule has 0 aliphatic heterocycles. The summed E-state index contributed by atoms with van der Waals surface area (Å²) in [5.41, 5.74) is 2.53. The van der Waals surface area contributed by atoms with Crippen LogP contribution in [-0.4, -0.2) is 12.1 Å². The predicted octanol–water partition coefficient (Wildman–Crippen LogP) is 7.96. The lowest BCUT2D eigenvalue weighted by Crippen LogP contribution is -2.51. The number of hydrogen-bond donors (Lipinski definition) is 0. The standard InChI is InChI=1S/C29H48O2/c1-19(2)8-7-9-20(3)25-12-13-26-24-11-10-22-18-23(31-21(4)30)14-16-28(22,5)27(24)15-17-29(25,26)6/h10,19-20,23-27H,7-9,11-18H2,1-6H3/t20-,23-,24-,25-,26-,27-,28-,29+/m0/s1. The Morgan fingerprint density at radius 3 is 2.55 bits per heavy atom. The summed E-state index contributed by atoms with van der Waals surface area (Å²) < 4.78 is 5.61. The predicted molar refractivity (Wildman–Crippen MR) is 129 cm³/mol. The van der Waals surface area contributed by atoms with Crippen molar-refractivity contribution < 1.29 is 9.53 Å². The molecule has 31 heavy (non-hydrogen) atoms. The first-order valence-corrected chi connectivity index (χ1v) is 13.5. The normalized spacial score (nSPS) is 42.9. The van der Waals surface area contributed by atoms with Gasteiger partial charge in [0.25, 0.3) is 0 Å². The molecule has 0 aromatic rings. The molecule has 0 heterocycles. The van der Waals surface area contributed by atoms with Crippen molar-refractivity contribution in [1.29, 1.82) is 0 Å². The minimum absolute atomic E-state index is 0.115. The Kier molecular flexibility index (Phi) is 6.68. The van der Waals surface area contributed by atoms with Gasteiger partial charge < -0.3 is 4.74 Å². The summed E-state index contributed by atoms with van der Waals surface area (Å²) in [6.07, 6.45) is 17.2. The summed E-state index contributed by atoms with van der Waals surface area (Å²) in [6.45, 7) is 14.1. The highest BCUT2D eigenvalue weighted by atomic mass is 16.5. The van der Waals surface area contributed by atoms with Crippen LogP contribution >= 0.6 is 0 Å². The van der Waals surface area contributed by atoms with E-state index in [1.54, 1.807) is 12.5 Å². The van der Waals surface area contributed by atoms with E-state index >= 15 is 0 Å². The van der Waals surface area contributed by atoms with Crippen molar-refractivity contribution in [3.05, 3.63) is 11.6 Å². The first-order valence-electron chi connectivity index (χ1n) is 13.5. The van der Waals surface area contributed by atoms with Gasteiger partial charge in [0.15, 0.2) is 0 Å². The van der Waals surface area contributed by atoms with Gasteiger partial charge in [0.05, 0.1) is 0 Å². The zero-order valence-corrected chi connectivity index (χ0v) is 21.2. The third-order valence-electron chi connectivity index (χ3n) is 10.6. The minimum atomic E-state index is -0.115. The third kappa shape index (κ3) is 4.26. The molecule has 176 valence electrons. The molecule has 0 spiro atoms. The van der Waals surface area contributed by atoms with Crippen LogP contribution < -0.4 is 0 Å². The Bertz CT molecular complexity index is 693. The van der Waals surface area contributed by atoms with E-state index in [4.69, 9.17) is 4.74 Å². The second-order valence-corrected chi connectivity index (χ2v) is 12.8. The smallest absolute Gasteiger partial charge is 0.302 e. The van der Waals surface area contributed by atoms with Gasteiger partial charge in [0.2, 0.25) is 0 Å². The van der Waals surface area contributed by atoms with Crippen LogP contribution in [0.4, 0.5) is 0 Å². The molecule has 0 aromatic heterocycles. The van der Waals surface area contributed by atoms with Gasteiger partial charge >= 0.3 is 5.97 Å². The molecule has 3 fully saturated rings. The molecule has 4 aliphatic rings. The topological polar surface area (TPSA) is 26.3 Å². The summed E-state index contributed by atoms with van der Waals surface area (Å²) in [4.78, 5) is 11.5. The summed E-state index contributed by atoms with van der Waals surface area (Å²) in [7, 11) is 0. The highest BCUT2D eigenvalue weighted by Gasteiger charge is 2.59. The fourth-order valence-corrected chi connectivity index (χ4v) is 8.99. The van der Waals surface area contributed by atoms with E-state index in [9.17, 15) is 4.79 Å². The average Bonchev–Trinajstić information content (AvgIpc) is 3.05. The van der Waals surface area contributed by atoms with Crippen LogP contribution in [0.25, 0.3) is 0 Å². The summed E-state index contributed by atoms with van der Waals surface area (Å²) >= 11 is 0. The van der Waals surface area contributed by atoms with Gasteiger partial charge in [0, 0.05) is 13.3 Å². The molecule has 0 N–H and O–H groups in total. The fourth-order valence-electron chi connectivity index (χ4n) is 8.99. The van der Waals surface area contributed by atoms with E-state index in [1.807, 2.05) is 0 Å². The van der Waals surface area contributed by atoms with Gasteiger partial charge in [-0.05, 0) is 91.3 Å². The molecule has 0 radical (unpaired) electrons. The molecular weight excluding hydrogens is 380 g/mol. The SMILES string of the molecule is CC(=O)O[C@H]1CC[C@@]2(C)C(=CC[C@H]3[C@@H]4CC[C@@H]([C@@H](C)CCCC(C)C)[C@@]4(C)CC[C@@H]32)C1. The Balaban J connectivity index is 1.47. The third-order valence-corrected chi connectivity index (χ3v) is 10.6. The van der Waals surface area contributed by atoms with Crippen LogP contribution in [0.15, 0.2) is 11.6 Å². The number of esters is 1. The van der Waals surface area contributed by atoms with Gasteiger partial charge in [0.1, 0.15) is 6.10 Å². The maximum atomic E-state index is 11.5. The molecule has 3 saturated carbocycles. The Morgan fingerprint density at radius 2 is 1.84 bits per heavy atom. The largest absolute Gasteiger partial charge is 0.462 e. The van der Waals surface area contributed by atoms with Crippen LogP contribution in [0.5, 0.6) is 0 Å². The molecule has 0 unspecified atom stereocenters. The van der Waals surface area contributed by atoms with Crippen LogP contribution in [-0.2, 0) is 9.53 Å². The van der Waals surface area contributed by atoms with E-state index < -0.39 is 0 Å². The zero-order chi connectivity index (χ0) is 22.4. The number of carbonyl (C=O) groups excluding carboxylic acids is 1. The van der Waals surface area contributed by atoms with Crippen molar-refractivity contribution >= 4 is 5.97 Å². The Morgan fingerprint density at radius 1 is 1.06 bits per heavy atom. The molecule has 4 aliphatic carbocycles. The number of carbonyl (C=O) groups is 1. The second-order valence-electron chi connectivity index (χ2n) is 12.8. The molecule has 0 saturated heterocycles. The van der Waals surface area contributed by atoms with Crippen LogP contribution in [0.3, 0.4) is 0 Å². The molecule has 8 atom stereocenters. The fraction of sp³-hybridized carbons (Fsp3) is 0.897. The number of rotatable bonds is 6. The number of hydrogen-bond acceptors (Lipinski definition) is 2. The Hall–Kier alpha value is -0.790. The number of ether oxygens (including phenoxy) is 1. The molecule has 0 aromatic carbocycles. The van der Waals surface area contributed by atoms with Gasteiger partial charge in [-0.15, -0.1) is 0 Å². The van der Waals surface area contributed by atoms with E-state index in [-0.39, 0.29) is 12.1 Å². The van der Waals surface area contributed by atoms with Crippen LogP contribution in [0.2, 0.25) is 0 Å². The molecule has 2 heteroatoms. The average molecular weight is 429 g/mol. The van der Waals surface area contributed by atoms with Crippen molar-refractivity contribution in [2.75, 3.05) is 0 Å². The van der Waals surface area contributed by atoms with Gasteiger partial charge in [-0.3, -0.25) is 4.79 Å². The van der Waals surface area contributed by atoms with Crippen molar-refractivity contribution in [2.45, 2.75) is 118 Å².